The molecule has 1 aliphatic rings. The molecule has 6 nitrogen and oxygen atoms in total. The van der Waals surface area contributed by atoms with Crippen LogP contribution in [0.3, 0.4) is 0 Å². The highest BCUT2D eigenvalue weighted by Gasteiger charge is 2.32. The summed E-state index contributed by atoms with van der Waals surface area (Å²) in [7, 11) is 0. The van der Waals surface area contributed by atoms with Gasteiger partial charge >= 0.3 is 0 Å². The molecule has 0 saturated heterocycles. The number of carbonyl (C=O) groups excluding carboxylic acids is 4. The zero-order valence-electron chi connectivity index (χ0n) is 20.8. The maximum atomic E-state index is 13.2. The van der Waals surface area contributed by atoms with Gasteiger partial charge in [-0.05, 0) is 50.2 Å². The first-order chi connectivity index (χ1) is 18.3. The van der Waals surface area contributed by atoms with Gasteiger partial charge in [0.25, 0.3) is 5.91 Å². The lowest BCUT2D eigenvalue weighted by Gasteiger charge is -2.21. The van der Waals surface area contributed by atoms with Gasteiger partial charge in [0.1, 0.15) is 0 Å². The molecule has 4 aromatic carbocycles. The molecule has 2 amide bonds. The van der Waals surface area contributed by atoms with Crippen molar-refractivity contribution in [2.45, 2.75) is 24.0 Å². The fourth-order valence-corrected chi connectivity index (χ4v) is 5.22. The molecule has 4 aromatic rings. The predicted octanol–water partition coefficient (Wildman–Crippen LogP) is 6.14. The number of hydrogen-bond acceptors (Lipinski definition) is 5. The Hall–Kier alpha value is -4.49. The molecular weight excluding hydrogens is 496 g/mol. The minimum absolute atomic E-state index is 0.211. The number of rotatable bonds is 6. The Morgan fingerprint density at radius 1 is 0.737 bits per heavy atom. The average Bonchev–Trinajstić information content (AvgIpc) is 2.92. The minimum Gasteiger partial charge on any atom is -0.324 e. The standard InChI is InChI=1S/C31H24N2O4S/c1-18-13-15-20(16-14-18)31(37)32-21-7-5-8-22(17-21)38-19(2)30(36)33-26-12-6-11-25-27(26)29(35)24-10-4-3-9-23(24)28(25)34/h3-17,19H,1-2H3,(H,32,37)(H,33,36). The van der Waals surface area contributed by atoms with Crippen LogP contribution in [0.2, 0.25) is 0 Å². The lowest BCUT2D eigenvalue weighted by Crippen LogP contribution is -2.27. The summed E-state index contributed by atoms with van der Waals surface area (Å²) >= 11 is 1.32. The maximum absolute atomic E-state index is 13.2. The van der Waals surface area contributed by atoms with Crippen LogP contribution in [0.5, 0.6) is 0 Å². The summed E-state index contributed by atoms with van der Waals surface area (Å²) in [6.07, 6.45) is 0. The van der Waals surface area contributed by atoms with Crippen LogP contribution in [0, 0.1) is 6.92 Å². The van der Waals surface area contributed by atoms with Crippen molar-refractivity contribution >= 4 is 46.5 Å². The average molecular weight is 521 g/mol. The first-order valence-corrected chi connectivity index (χ1v) is 13.0. The van der Waals surface area contributed by atoms with E-state index < -0.39 is 5.25 Å². The van der Waals surface area contributed by atoms with Crippen LogP contribution >= 0.6 is 11.8 Å². The fraction of sp³-hybridized carbons (Fsp3) is 0.0968. The van der Waals surface area contributed by atoms with Crippen LogP contribution in [0.4, 0.5) is 11.4 Å². The molecule has 0 spiro atoms. The number of amides is 2. The molecule has 1 atom stereocenters. The molecule has 5 rings (SSSR count). The molecule has 0 aliphatic heterocycles. The first kappa shape index (κ1) is 25.2. The predicted molar refractivity (Wildman–Crippen MR) is 149 cm³/mol. The zero-order chi connectivity index (χ0) is 26.8. The third kappa shape index (κ3) is 5.01. The normalized spacial score (nSPS) is 12.8. The molecule has 0 saturated carbocycles. The number of anilines is 2. The summed E-state index contributed by atoms with van der Waals surface area (Å²) in [5.41, 5.74) is 3.75. The second-order valence-electron chi connectivity index (χ2n) is 9.03. The van der Waals surface area contributed by atoms with Gasteiger partial charge in [0.2, 0.25) is 5.91 Å². The molecule has 7 heteroatoms. The summed E-state index contributed by atoms with van der Waals surface area (Å²) in [5.74, 6) is -1.05. The maximum Gasteiger partial charge on any atom is 0.255 e. The van der Waals surface area contributed by atoms with E-state index in [1.165, 1.54) is 11.8 Å². The molecule has 188 valence electrons. The molecule has 0 radical (unpaired) electrons. The third-order valence-corrected chi connectivity index (χ3v) is 7.39. The molecule has 2 N–H and O–H groups in total. The third-order valence-electron chi connectivity index (χ3n) is 6.30. The molecule has 1 aliphatic carbocycles. The van der Waals surface area contributed by atoms with Crippen LogP contribution in [0.15, 0.2) is 95.9 Å². The van der Waals surface area contributed by atoms with Gasteiger partial charge < -0.3 is 10.6 Å². The summed E-state index contributed by atoms with van der Waals surface area (Å²) in [4.78, 5) is 52.7. The number of benzene rings is 4. The van der Waals surface area contributed by atoms with Crippen LogP contribution in [-0.2, 0) is 4.79 Å². The first-order valence-electron chi connectivity index (χ1n) is 12.1. The van der Waals surface area contributed by atoms with Gasteiger partial charge in [-0.2, -0.15) is 0 Å². The molecule has 0 bridgehead atoms. The number of ketones is 2. The van der Waals surface area contributed by atoms with Crippen molar-refractivity contribution in [1.82, 2.24) is 0 Å². The summed E-state index contributed by atoms with van der Waals surface area (Å²) < 4.78 is 0. The van der Waals surface area contributed by atoms with Crippen LogP contribution in [-0.4, -0.2) is 28.6 Å². The highest BCUT2D eigenvalue weighted by Crippen LogP contribution is 2.33. The molecule has 38 heavy (non-hydrogen) atoms. The highest BCUT2D eigenvalue weighted by atomic mass is 32.2. The lowest BCUT2D eigenvalue weighted by atomic mass is 9.83. The molecule has 1 unspecified atom stereocenters. The number of carbonyl (C=O) groups is 4. The number of aryl methyl sites for hydroxylation is 1. The largest absolute Gasteiger partial charge is 0.324 e. The molecule has 0 heterocycles. The van der Waals surface area contributed by atoms with Crippen molar-refractivity contribution in [3.8, 4) is 0 Å². The van der Waals surface area contributed by atoms with Crippen molar-refractivity contribution < 1.29 is 19.2 Å². The van der Waals surface area contributed by atoms with E-state index in [0.717, 1.165) is 10.5 Å². The van der Waals surface area contributed by atoms with E-state index in [-0.39, 0.29) is 34.5 Å². The fourth-order valence-electron chi connectivity index (χ4n) is 4.30. The van der Waals surface area contributed by atoms with Gasteiger partial charge in [-0.15, -0.1) is 11.8 Å². The summed E-state index contributed by atoms with van der Waals surface area (Å²) in [6, 6.07) is 26.2. The second-order valence-corrected chi connectivity index (χ2v) is 10.4. The summed E-state index contributed by atoms with van der Waals surface area (Å²) in [6.45, 7) is 3.72. The van der Waals surface area contributed by atoms with Gasteiger partial charge in [0, 0.05) is 32.8 Å². The van der Waals surface area contributed by atoms with Gasteiger partial charge in [-0.1, -0.05) is 60.2 Å². The van der Waals surface area contributed by atoms with Gasteiger partial charge in [0.15, 0.2) is 11.6 Å². The van der Waals surface area contributed by atoms with E-state index in [0.29, 0.717) is 28.1 Å². The van der Waals surface area contributed by atoms with Crippen LogP contribution < -0.4 is 10.6 Å². The lowest BCUT2D eigenvalue weighted by molar-refractivity contribution is -0.115. The second kappa shape index (κ2) is 10.5. The molecule has 0 fully saturated rings. The Balaban J connectivity index is 1.29. The monoisotopic (exact) mass is 520 g/mol. The van der Waals surface area contributed by atoms with Gasteiger partial charge in [0.05, 0.1) is 16.5 Å². The van der Waals surface area contributed by atoms with Crippen LogP contribution in [0.1, 0.15) is 54.7 Å². The van der Waals surface area contributed by atoms with E-state index in [4.69, 9.17) is 0 Å². The number of hydrogen-bond donors (Lipinski definition) is 2. The minimum atomic E-state index is -0.518. The number of fused-ring (bicyclic) bond motifs is 2. The number of nitrogens with one attached hydrogen (secondary N) is 2. The Labute approximate surface area is 224 Å². The topological polar surface area (TPSA) is 92.3 Å². The Bertz CT molecular complexity index is 1590. The van der Waals surface area contributed by atoms with Crippen molar-refractivity contribution in [3.05, 3.63) is 124 Å². The van der Waals surface area contributed by atoms with E-state index in [1.54, 1.807) is 67.6 Å². The Kier molecular flexibility index (Phi) is 6.94. The van der Waals surface area contributed by atoms with E-state index in [1.807, 2.05) is 37.3 Å². The van der Waals surface area contributed by atoms with E-state index >= 15 is 0 Å². The van der Waals surface area contributed by atoms with Crippen LogP contribution in [0.25, 0.3) is 0 Å². The Morgan fingerprint density at radius 3 is 2.13 bits per heavy atom. The van der Waals surface area contributed by atoms with Crippen molar-refractivity contribution in [2.24, 2.45) is 0 Å². The van der Waals surface area contributed by atoms with Gasteiger partial charge in [-0.25, -0.2) is 0 Å². The van der Waals surface area contributed by atoms with Gasteiger partial charge in [-0.3, -0.25) is 19.2 Å². The zero-order valence-corrected chi connectivity index (χ0v) is 21.6. The summed E-state index contributed by atoms with van der Waals surface area (Å²) in [5, 5.41) is 5.21. The Morgan fingerprint density at radius 2 is 1.39 bits per heavy atom. The molecular formula is C31H24N2O4S. The van der Waals surface area contributed by atoms with E-state index in [9.17, 15) is 19.2 Å². The quantitative estimate of drug-likeness (QED) is 0.262. The van der Waals surface area contributed by atoms with Crippen molar-refractivity contribution in [3.63, 3.8) is 0 Å². The smallest absolute Gasteiger partial charge is 0.255 e. The molecule has 0 aromatic heterocycles. The SMILES string of the molecule is Cc1ccc(C(=O)Nc2cccc(SC(C)C(=O)Nc3cccc4c3C(=O)c3ccccc3C4=O)c2)cc1. The van der Waals surface area contributed by atoms with E-state index in [2.05, 4.69) is 10.6 Å². The van der Waals surface area contributed by atoms with Crippen molar-refractivity contribution in [1.29, 1.82) is 0 Å². The number of thioether (sulfide) groups is 1. The van der Waals surface area contributed by atoms with Crippen molar-refractivity contribution in [2.75, 3.05) is 10.6 Å². The highest BCUT2D eigenvalue weighted by molar-refractivity contribution is 8.00.